The van der Waals surface area contributed by atoms with E-state index in [1.54, 1.807) is 10.6 Å². The predicted molar refractivity (Wildman–Crippen MR) is 101 cm³/mol. The van der Waals surface area contributed by atoms with Crippen LogP contribution in [0.5, 0.6) is 0 Å². The number of carbonyl (C=O) groups is 1. The van der Waals surface area contributed by atoms with Crippen molar-refractivity contribution in [1.82, 2.24) is 19.7 Å². The fourth-order valence-electron chi connectivity index (χ4n) is 2.88. The lowest BCUT2D eigenvalue weighted by Gasteiger charge is -2.04. The molecule has 0 spiro atoms. The minimum atomic E-state index is -0.119. The zero-order chi connectivity index (χ0) is 18.1. The van der Waals surface area contributed by atoms with Crippen molar-refractivity contribution in [1.29, 1.82) is 0 Å². The number of rotatable bonds is 3. The molecule has 4 rings (SSSR count). The Morgan fingerprint density at radius 2 is 1.92 bits per heavy atom. The van der Waals surface area contributed by atoms with E-state index in [9.17, 15) is 4.79 Å². The smallest absolute Gasteiger partial charge is 0.229 e. The van der Waals surface area contributed by atoms with Crippen LogP contribution in [0.2, 0.25) is 0 Å². The summed E-state index contributed by atoms with van der Waals surface area (Å²) < 4.78 is 1.57. The van der Waals surface area contributed by atoms with Gasteiger partial charge in [0, 0.05) is 18.1 Å². The number of carbonyl (C=O) groups excluding carboxylic acids is 1. The summed E-state index contributed by atoms with van der Waals surface area (Å²) in [6.45, 7) is 8.75. The molecule has 0 saturated heterocycles. The standard InChI is InChI=1S/C19H13N5OS/c1-12(25)24-16-10-6-4-8-14(16)17-18(24)21-19(23-22-17)26-11-13-7-3-5-9-15(13)20-2/h3-10H,11H2,1H3. The summed E-state index contributed by atoms with van der Waals surface area (Å²) >= 11 is 1.40. The Kier molecular flexibility index (Phi) is 4.11. The summed E-state index contributed by atoms with van der Waals surface area (Å²) in [6.07, 6.45) is 0. The lowest BCUT2D eigenvalue weighted by molar-refractivity contribution is 0.0945. The van der Waals surface area contributed by atoms with Gasteiger partial charge in [0.15, 0.2) is 11.3 Å². The number of aromatic nitrogens is 4. The molecule has 6 nitrogen and oxygen atoms in total. The number of thioether (sulfide) groups is 1. The lowest BCUT2D eigenvalue weighted by atomic mass is 10.2. The summed E-state index contributed by atoms with van der Waals surface area (Å²) in [5.41, 5.74) is 3.43. The van der Waals surface area contributed by atoms with E-state index in [0.29, 0.717) is 27.8 Å². The summed E-state index contributed by atoms with van der Waals surface area (Å²) in [5, 5.41) is 9.83. The highest BCUT2D eigenvalue weighted by atomic mass is 32.2. The molecule has 0 aliphatic heterocycles. The van der Waals surface area contributed by atoms with Crippen molar-refractivity contribution >= 4 is 45.4 Å². The second-order valence-corrected chi connectivity index (χ2v) is 6.61. The topological polar surface area (TPSA) is 65.0 Å². The predicted octanol–water partition coefficient (Wildman–Crippen LogP) is 4.48. The molecule has 26 heavy (non-hydrogen) atoms. The van der Waals surface area contributed by atoms with Gasteiger partial charge in [-0.3, -0.25) is 9.36 Å². The van der Waals surface area contributed by atoms with Crippen LogP contribution < -0.4 is 0 Å². The van der Waals surface area contributed by atoms with Crippen LogP contribution in [-0.2, 0) is 5.75 Å². The van der Waals surface area contributed by atoms with Gasteiger partial charge in [0.1, 0.15) is 5.52 Å². The first-order valence-corrected chi connectivity index (χ1v) is 8.90. The van der Waals surface area contributed by atoms with Gasteiger partial charge in [0.05, 0.1) is 12.1 Å². The van der Waals surface area contributed by atoms with E-state index in [4.69, 9.17) is 6.57 Å². The third-order valence-corrected chi connectivity index (χ3v) is 4.93. The van der Waals surface area contributed by atoms with Crippen LogP contribution in [-0.4, -0.2) is 25.7 Å². The summed E-state index contributed by atoms with van der Waals surface area (Å²) in [5.74, 6) is 0.442. The first-order chi connectivity index (χ1) is 12.7. The molecule has 0 fully saturated rings. The molecular formula is C19H13N5OS. The second kappa shape index (κ2) is 6.58. The largest absolute Gasteiger partial charge is 0.274 e. The lowest BCUT2D eigenvalue weighted by Crippen LogP contribution is -2.06. The molecule has 0 aliphatic rings. The molecule has 0 radical (unpaired) electrons. The summed E-state index contributed by atoms with van der Waals surface area (Å²) in [6, 6.07) is 15.0. The number of benzene rings is 2. The number of hydrogen-bond donors (Lipinski definition) is 0. The average Bonchev–Trinajstić information content (AvgIpc) is 3.00. The maximum Gasteiger partial charge on any atom is 0.229 e. The highest BCUT2D eigenvalue weighted by Gasteiger charge is 2.17. The first-order valence-electron chi connectivity index (χ1n) is 7.92. The van der Waals surface area contributed by atoms with Gasteiger partial charge in [-0.05, 0) is 11.6 Å². The molecule has 7 heteroatoms. The number of nitrogens with zero attached hydrogens (tertiary/aromatic N) is 5. The molecule has 0 amide bonds. The molecule has 2 heterocycles. The SMILES string of the molecule is [C-]#[N+]c1ccccc1CSc1nnc2c3ccccc3n(C(C)=O)c2n1. The summed E-state index contributed by atoms with van der Waals surface area (Å²) in [4.78, 5) is 20.2. The van der Waals surface area contributed by atoms with E-state index in [-0.39, 0.29) is 5.91 Å². The van der Waals surface area contributed by atoms with Gasteiger partial charge in [0.2, 0.25) is 11.1 Å². The highest BCUT2D eigenvalue weighted by Crippen LogP contribution is 2.29. The van der Waals surface area contributed by atoms with Crippen LogP contribution in [0.3, 0.4) is 0 Å². The Bertz CT molecular complexity index is 1190. The molecule has 2 aromatic heterocycles. The Morgan fingerprint density at radius 3 is 2.73 bits per heavy atom. The zero-order valence-electron chi connectivity index (χ0n) is 13.9. The third-order valence-electron chi connectivity index (χ3n) is 4.04. The molecule has 0 aliphatic carbocycles. The van der Waals surface area contributed by atoms with Gasteiger partial charge >= 0.3 is 0 Å². The normalized spacial score (nSPS) is 10.9. The second-order valence-electron chi connectivity index (χ2n) is 5.67. The van der Waals surface area contributed by atoms with E-state index in [2.05, 4.69) is 20.0 Å². The molecule has 126 valence electrons. The van der Waals surface area contributed by atoms with Gasteiger partial charge in [-0.25, -0.2) is 9.83 Å². The van der Waals surface area contributed by atoms with E-state index in [1.807, 2.05) is 42.5 Å². The quantitative estimate of drug-likeness (QED) is 0.398. The van der Waals surface area contributed by atoms with Crippen LogP contribution in [0.25, 0.3) is 26.9 Å². The van der Waals surface area contributed by atoms with E-state index in [0.717, 1.165) is 16.5 Å². The van der Waals surface area contributed by atoms with Crippen LogP contribution in [0, 0.1) is 6.57 Å². The fourth-order valence-corrected chi connectivity index (χ4v) is 3.66. The van der Waals surface area contributed by atoms with E-state index < -0.39 is 0 Å². The van der Waals surface area contributed by atoms with E-state index >= 15 is 0 Å². The zero-order valence-corrected chi connectivity index (χ0v) is 14.7. The molecule has 0 saturated carbocycles. The van der Waals surface area contributed by atoms with Gasteiger partial charge in [-0.1, -0.05) is 54.2 Å². The number of hydrogen-bond acceptors (Lipinski definition) is 5. The Labute approximate surface area is 153 Å². The molecule has 0 N–H and O–H groups in total. The monoisotopic (exact) mass is 359 g/mol. The van der Waals surface area contributed by atoms with Crippen LogP contribution in [0.15, 0.2) is 53.7 Å². The molecule has 0 atom stereocenters. The Balaban J connectivity index is 1.76. The molecule has 4 aromatic rings. The average molecular weight is 359 g/mol. The van der Waals surface area contributed by atoms with Gasteiger partial charge in [-0.15, -0.1) is 10.2 Å². The van der Waals surface area contributed by atoms with Crippen LogP contribution >= 0.6 is 11.8 Å². The van der Waals surface area contributed by atoms with Crippen molar-refractivity contribution in [2.75, 3.05) is 0 Å². The molecule has 2 aromatic carbocycles. The molecular weight excluding hydrogens is 346 g/mol. The third kappa shape index (κ3) is 2.70. The van der Waals surface area contributed by atoms with E-state index in [1.165, 1.54) is 18.7 Å². The summed E-state index contributed by atoms with van der Waals surface area (Å²) in [7, 11) is 0. The van der Waals surface area contributed by atoms with Crippen molar-refractivity contribution in [2.45, 2.75) is 17.8 Å². The number of fused-ring (bicyclic) bond motifs is 3. The van der Waals surface area contributed by atoms with Gasteiger partial charge in [0.25, 0.3) is 0 Å². The minimum absolute atomic E-state index is 0.119. The first kappa shape index (κ1) is 16.2. The van der Waals surface area contributed by atoms with Crippen molar-refractivity contribution in [3.8, 4) is 0 Å². The molecule has 0 bridgehead atoms. The fraction of sp³-hybridized carbons (Fsp3) is 0.105. The van der Waals surface area contributed by atoms with Gasteiger partial charge < -0.3 is 0 Å². The number of para-hydroxylation sites is 2. The van der Waals surface area contributed by atoms with Gasteiger partial charge in [-0.2, -0.15) is 0 Å². The Morgan fingerprint density at radius 1 is 1.15 bits per heavy atom. The molecule has 0 unspecified atom stereocenters. The van der Waals surface area contributed by atoms with Crippen molar-refractivity contribution in [3.05, 3.63) is 65.5 Å². The maximum absolute atomic E-state index is 12.1. The minimum Gasteiger partial charge on any atom is -0.274 e. The Hall–Kier alpha value is -3.24. The van der Waals surface area contributed by atoms with Crippen LogP contribution in [0.4, 0.5) is 5.69 Å². The van der Waals surface area contributed by atoms with Crippen LogP contribution in [0.1, 0.15) is 17.3 Å². The van der Waals surface area contributed by atoms with Crippen molar-refractivity contribution in [3.63, 3.8) is 0 Å². The highest BCUT2D eigenvalue weighted by molar-refractivity contribution is 7.98. The van der Waals surface area contributed by atoms with Crippen molar-refractivity contribution in [2.24, 2.45) is 0 Å². The van der Waals surface area contributed by atoms with Crippen molar-refractivity contribution < 1.29 is 4.79 Å². The maximum atomic E-state index is 12.1.